The van der Waals surface area contributed by atoms with Crippen molar-refractivity contribution in [1.29, 1.82) is 0 Å². The highest BCUT2D eigenvalue weighted by Crippen LogP contribution is 2.21. The van der Waals surface area contributed by atoms with Crippen LogP contribution in [-0.2, 0) is 16.4 Å². The third-order valence-corrected chi connectivity index (χ3v) is 5.25. The molecule has 0 fully saturated rings. The highest BCUT2D eigenvalue weighted by Gasteiger charge is 2.11. The second-order valence-corrected chi connectivity index (χ2v) is 7.78. The van der Waals surface area contributed by atoms with Crippen LogP contribution in [0, 0.1) is 0 Å². The fraction of sp³-hybridized carbons (Fsp3) is 0.105. The maximum atomic E-state index is 11.3. The first-order chi connectivity index (χ1) is 13.5. The number of nitrogens with zero attached hydrogens (tertiary/aromatic N) is 4. The van der Waals surface area contributed by atoms with Crippen LogP contribution in [-0.4, -0.2) is 34.7 Å². The van der Waals surface area contributed by atoms with Gasteiger partial charge in [0.05, 0.1) is 22.2 Å². The van der Waals surface area contributed by atoms with Gasteiger partial charge in [-0.25, -0.2) is 28.2 Å². The Morgan fingerprint density at radius 3 is 2.46 bits per heavy atom. The molecule has 142 valence electrons. The molecule has 0 radical (unpaired) electrons. The van der Waals surface area contributed by atoms with Crippen LogP contribution in [0.3, 0.4) is 0 Å². The molecule has 2 aromatic heterocycles. The Morgan fingerprint density at radius 2 is 1.75 bits per heavy atom. The largest absolute Gasteiger partial charge is 0.369 e. The lowest BCUT2D eigenvalue weighted by Crippen LogP contribution is -2.12. The lowest BCUT2D eigenvalue weighted by Gasteiger charge is -2.07. The molecule has 0 aliphatic carbocycles. The molecule has 0 saturated heterocycles. The van der Waals surface area contributed by atoms with Gasteiger partial charge in [0, 0.05) is 6.54 Å². The summed E-state index contributed by atoms with van der Waals surface area (Å²) in [4.78, 5) is 8.78. The average molecular weight is 394 g/mol. The monoisotopic (exact) mass is 394 g/mol. The number of primary sulfonamides is 1. The van der Waals surface area contributed by atoms with E-state index >= 15 is 0 Å². The zero-order valence-electron chi connectivity index (χ0n) is 14.9. The predicted octanol–water partition coefficient (Wildman–Crippen LogP) is 2.12. The van der Waals surface area contributed by atoms with Crippen molar-refractivity contribution in [2.24, 2.45) is 5.14 Å². The molecule has 9 heteroatoms. The molecule has 0 atom stereocenters. The fourth-order valence-corrected chi connectivity index (χ4v) is 3.43. The van der Waals surface area contributed by atoms with Crippen molar-refractivity contribution in [3.8, 4) is 5.69 Å². The summed E-state index contributed by atoms with van der Waals surface area (Å²) < 4.78 is 24.4. The van der Waals surface area contributed by atoms with Gasteiger partial charge in [0.2, 0.25) is 10.0 Å². The minimum absolute atomic E-state index is 0.107. The van der Waals surface area contributed by atoms with E-state index in [4.69, 9.17) is 5.14 Å². The Hall–Kier alpha value is -3.30. The summed E-state index contributed by atoms with van der Waals surface area (Å²) in [6, 6.07) is 16.3. The molecule has 0 aliphatic rings. The minimum Gasteiger partial charge on any atom is -0.369 e. The zero-order chi connectivity index (χ0) is 19.6. The Balaban J connectivity index is 1.49. The van der Waals surface area contributed by atoms with Gasteiger partial charge < -0.3 is 5.32 Å². The van der Waals surface area contributed by atoms with Crippen LogP contribution in [0.4, 0.5) is 5.82 Å². The fourth-order valence-electron chi connectivity index (χ4n) is 2.91. The number of rotatable bonds is 6. The van der Waals surface area contributed by atoms with E-state index in [-0.39, 0.29) is 4.90 Å². The van der Waals surface area contributed by atoms with E-state index in [0.717, 1.165) is 22.3 Å². The van der Waals surface area contributed by atoms with Gasteiger partial charge in [0.1, 0.15) is 12.1 Å². The maximum absolute atomic E-state index is 11.3. The standard InChI is InChI=1S/C19H18N6O2S/c20-28(26,27)16-8-6-14(7-9-16)10-11-21-18-17-12-24-25(19(17)23-13-22-18)15-4-2-1-3-5-15/h1-9,12-13H,10-11H2,(H2,20,26,27)(H,21,22,23). The van der Waals surface area contributed by atoms with E-state index in [9.17, 15) is 8.42 Å². The number of hydrogen-bond donors (Lipinski definition) is 2. The lowest BCUT2D eigenvalue weighted by atomic mass is 10.1. The van der Waals surface area contributed by atoms with Gasteiger partial charge in [0.25, 0.3) is 0 Å². The SMILES string of the molecule is NS(=O)(=O)c1ccc(CCNc2ncnc3c2cnn3-c2ccccc2)cc1. The predicted molar refractivity (Wildman–Crippen MR) is 107 cm³/mol. The van der Waals surface area contributed by atoms with Gasteiger partial charge in [-0.3, -0.25) is 0 Å². The van der Waals surface area contributed by atoms with Crippen LogP contribution in [0.5, 0.6) is 0 Å². The first-order valence-electron chi connectivity index (χ1n) is 8.62. The topological polar surface area (TPSA) is 116 Å². The first kappa shape index (κ1) is 18.1. The molecule has 0 aliphatic heterocycles. The van der Waals surface area contributed by atoms with Gasteiger partial charge in [-0.05, 0) is 36.2 Å². The number of nitrogens with one attached hydrogen (secondary N) is 1. The van der Waals surface area contributed by atoms with Crippen LogP contribution in [0.25, 0.3) is 16.7 Å². The molecular weight excluding hydrogens is 376 g/mol. The zero-order valence-corrected chi connectivity index (χ0v) is 15.7. The van der Waals surface area contributed by atoms with E-state index in [0.29, 0.717) is 18.8 Å². The highest BCUT2D eigenvalue weighted by molar-refractivity contribution is 7.89. The first-order valence-corrected chi connectivity index (χ1v) is 10.2. The summed E-state index contributed by atoms with van der Waals surface area (Å²) in [7, 11) is -3.67. The van der Waals surface area contributed by atoms with Gasteiger partial charge in [-0.2, -0.15) is 5.10 Å². The molecule has 4 rings (SSSR count). The molecule has 0 unspecified atom stereocenters. The number of sulfonamides is 1. The molecule has 2 aromatic carbocycles. The van der Waals surface area contributed by atoms with Crippen molar-refractivity contribution in [2.45, 2.75) is 11.3 Å². The lowest BCUT2D eigenvalue weighted by molar-refractivity contribution is 0.598. The normalized spacial score (nSPS) is 11.6. The molecule has 28 heavy (non-hydrogen) atoms. The van der Waals surface area contributed by atoms with Crippen molar-refractivity contribution < 1.29 is 8.42 Å². The van der Waals surface area contributed by atoms with Crippen molar-refractivity contribution >= 4 is 26.9 Å². The van der Waals surface area contributed by atoms with Crippen molar-refractivity contribution in [2.75, 3.05) is 11.9 Å². The van der Waals surface area contributed by atoms with Crippen LogP contribution in [0.1, 0.15) is 5.56 Å². The third-order valence-electron chi connectivity index (χ3n) is 4.32. The summed E-state index contributed by atoms with van der Waals surface area (Å²) in [6.07, 6.45) is 3.95. The van der Waals surface area contributed by atoms with Gasteiger partial charge in [-0.1, -0.05) is 30.3 Å². The Labute approximate surface area is 162 Å². The minimum atomic E-state index is -3.67. The second-order valence-electron chi connectivity index (χ2n) is 6.22. The number of benzene rings is 2. The highest BCUT2D eigenvalue weighted by atomic mass is 32.2. The van der Waals surface area contributed by atoms with E-state index in [1.165, 1.54) is 18.5 Å². The molecule has 8 nitrogen and oxygen atoms in total. The van der Waals surface area contributed by atoms with Gasteiger partial charge in [0.15, 0.2) is 5.65 Å². The van der Waals surface area contributed by atoms with Gasteiger partial charge >= 0.3 is 0 Å². The smallest absolute Gasteiger partial charge is 0.238 e. The Kier molecular flexibility index (Phi) is 4.76. The molecule has 0 bridgehead atoms. The van der Waals surface area contributed by atoms with E-state index in [2.05, 4.69) is 20.4 Å². The summed E-state index contributed by atoms with van der Waals surface area (Å²) in [5, 5.41) is 13.7. The molecule has 0 saturated carbocycles. The van der Waals surface area contributed by atoms with Crippen LogP contribution < -0.4 is 10.5 Å². The number of hydrogen-bond acceptors (Lipinski definition) is 6. The van der Waals surface area contributed by atoms with Crippen molar-refractivity contribution in [3.63, 3.8) is 0 Å². The van der Waals surface area contributed by atoms with Crippen LogP contribution >= 0.6 is 0 Å². The van der Waals surface area contributed by atoms with E-state index in [1.54, 1.807) is 23.0 Å². The van der Waals surface area contributed by atoms with Crippen LogP contribution in [0.15, 0.2) is 72.0 Å². The number of fused-ring (bicyclic) bond motifs is 1. The van der Waals surface area contributed by atoms with Crippen molar-refractivity contribution in [1.82, 2.24) is 19.7 Å². The Bertz CT molecular complexity index is 1200. The molecule has 4 aromatic rings. The number of anilines is 1. The number of nitrogens with two attached hydrogens (primary N) is 1. The summed E-state index contributed by atoms with van der Waals surface area (Å²) in [6.45, 7) is 0.622. The van der Waals surface area contributed by atoms with Crippen molar-refractivity contribution in [3.05, 3.63) is 72.7 Å². The molecule has 2 heterocycles. The van der Waals surface area contributed by atoms with E-state index in [1.807, 2.05) is 30.3 Å². The summed E-state index contributed by atoms with van der Waals surface area (Å²) in [5.74, 6) is 0.702. The van der Waals surface area contributed by atoms with E-state index < -0.39 is 10.0 Å². The number of aromatic nitrogens is 4. The second kappa shape index (κ2) is 7.37. The maximum Gasteiger partial charge on any atom is 0.238 e. The number of para-hydroxylation sites is 1. The quantitative estimate of drug-likeness (QED) is 0.517. The molecule has 0 spiro atoms. The summed E-state index contributed by atoms with van der Waals surface area (Å²) in [5.41, 5.74) is 2.64. The molecule has 0 amide bonds. The molecule has 3 N–H and O–H groups in total. The Morgan fingerprint density at radius 1 is 1.00 bits per heavy atom. The summed E-state index contributed by atoms with van der Waals surface area (Å²) >= 11 is 0. The molecular formula is C19H18N6O2S. The average Bonchev–Trinajstić information content (AvgIpc) is 3.13. The van der Waals surface area contributed by atoms with Crippen LogP contribution in [0.2, 0.25) is 0 Å². The third kappa shape index (κ3) is 3.71. The van der Waals surface area contributed by atoms with Gasteiger partial charge in [-0.15, -0.1) is 0 Å².